The van der Waals surface area contributed by atoms with Crippen LogP contribution in [-0.2, 0) is 10.8 Å². The van der Waals surface area contributed by atoms with E-state index in [0.717, 1.165) is 17.7 Å². The molecule has 0 aliphatic rings. The molecule has 0 radical (unpaired) electrons. The molecule has 0 saturated heterocycles. The van der Waals surface area contributed by atoms with Gasteiger partial charge >= 0.3 is 0 Å². The van der Waals surface area contributed by atoms with Gasteiger partial charge in [0, 0.05) is 4.90 Å². The maximum absolute atomic E-state index is 13.2. The molecule has 0 fully saturated rings. The summed E-state index contributed by atoms with van der Waals surface area (Å²) in [7, 11) is -1.62. The van der Waals surface area contributed by atoms with Crippen molar-refractivity contribution in [2.45, 2.75) is 16.6 Å². The summed E-state index contributed by atoms with van der Waals surface area (Å²) in [6, 6.07) is 14.0. The maximum Gasteiger partial charge on any atom is 0.160 e. The van der Waals surface area contributed by atoms with Gasteiger partial charge < -0.3 is 0 Å². The van der Waals surface area contributed by atoms with E-state index >= 15 is 0 Å². The highest BCUT2D eigenvalue weighted by Gasteiger charge is 2.21. The van der Waals surface area contributed by atoms with Crippen LogP contribution in [0.3, 0.4) is 0 Å². The topological polar surface area (TPSA) is 40.9 Å². The summed E-state index contributed by atoms with van der Waals surface area (Å²) >= 11 is 0. The quantitative estimate of drug-likeness (QED) is 0.861. The molecule has 0 bridgehead atoms. The van der Waals surface area contributed by atoms with Crippen molar-refractivity contribution in [2.75, 3.05) is 0 Å². The van der Waals surface area contributed by atoms with Gasteiger partial charge in [-0.25, -0.2) is 8.78 Å². The van der Waals surface area contributed by atoms with Crippen LogP contribution < -0.4 is 0 Å². The first kappa shape index (κ1) is 14.4. The van der Waals surface area contributed by atoms with Crippen LogP contribution in [0.4, 0.5) is 8.78 Å². The smallest absolute Gasteiger partial charge is 0.160 e. The number of nitriles is 1. The summed E-state index contributed by atoms with van der Waals surface area (Å²) in [5.74, 6) is -2.03. The van der Waals surface area contributed by atoms with E-state index in [0.29, 0.717) is 0 Å². The first-order valence-electron chi connectivity index (χ1n) is 5.91. The summed E-state index contributed by atoms with van der Waals surface area (Å²) < 4.78 is 38.6. The Labute approximate surface area is 118 Å². The van der Waals surface area contributed by atoms with Crippen LogP contribution in [0.1, 0.15) is 17.2 Å². The van der Waals surface area contributed by atoms with Gasteiger partial charge in [0.2, 0.25) is 0 Å². The molecular formula is C15H11F2NOS. The number of benzene rings is 2. The van der Waals surface area contributed by atoms with E-state index in [9.17, 15) is 13.0 Å². The lowest BCUT2D eigenvalue weighted by molar-refractivity contribution is 0.505. The fraction of sp³-hybridized carbons (Fsp3) is 0.133. The normalized spacial score (nSPS) is 13.4. The van der Waals surface area contributed by atoms with E-state index in [1.807, 2.05) is 12.1 Å². The average molecular weight is 291 g/mol. The van der Waals surface area contributed by atoms with Crippen molar-refractivity contribution in [1.82, 2.24) is 0 Å². The SMILES string of the molecule is N#CCC(c1ccccc1)S(=O)c1ccc(F)c(F)c1. The Morgan fingerprint density at radius 3 is 2.40 bits per heavy atom. The van der Waals surface area contributed by atoms with Gasteiger partial charge in [-0.1, -0.05) is 30.3 Å². The third-order valence-corrected chi connectivity index (χ3v) is 4.50. The lowest BCUT2D eigenvalue weighted by Crippen LogP contribution is -2.07. The van der Waals surface area contributed by atoms with Crippen LogP contribution in [0.25, 0.3) is 0 Å². The first-order chi connectivity index (χ1) is 9.63. The molecule has 0 amide bonds. The second-order valence-corrected chi connectivity index (χ2v) is 5.77. The highest BCUT2D eigenvalue weighted by molar-refractivity contribution is 7.85. The second-order valence-electron chi connectivity index (χ2n) is 4.13. The van der Waals surface area contributed by atoms with Crippen molar-refractivity contribution >= 4 is 10.8 Å². The molecule has 2 aromatic rings. The molecule has 2 nitrogen and oxygen atoms in total. The highest BCUT2D eigenvalue weighted by Crippen LogP contribution is 2.28. The molecule has 5 heteroatoms. The predicted molar refractivity (Wildman–Crippen MR) is 72.2 cm³/mol. The highest BCUT2D eigenvalue weighted by atomic mass is 32.2. The van der Waals surface area contributed by atoms with Gasteiger partial charge in [0.25, 0.3) is 0 Å². The van der Waals surface area contributed by atoms with Crippen LogP contribution in [0.15, 0.2) is 53.4 Å². The Kier molecular flexibility index (Phi) is 4.59. The van der Waals surface area contributed by atoms with Crippen LogP contribution in [0.5, 0.6) is 0 Å². The molecule has 0 spiro atoms. The Morgan fingerprint density at radius 1 is 1.10 bits per heavy atom. The molecule has 0 aliphatic carbocycles. The van der Waals surface area contributed by atoms with Crippen molar-refractivity contribution in [3.63, 3.8) is 0 Å². The zero-order chi connectivity index (χ0) is 14.5. The molecule has 0 heterocycles. The Bertz CT molecular complexity index is 667. The van der Waals surface area contributed by atoms with Gasteiger partial charge in [0.15, 0.2) is 11.6 Å². The number of hydrogen-bond donors (Lipinski definition) is 0. The molecule has 2 unspecified atom stereocenters. The van der Waals surface area contributed by atoms with E-state index in [1.54, 1.807) is 24.3 Å². The molecular weight excluding hydrogens is 280 g/mol. The standard InChI is InChI=1S/C15H11F2NOS/c16-13-7-6-12(10-14(13)17)20(19)15(8-9-18)11-4-2-1-3-5-11/h1-7,10,15H,8H2. The van der Waals surface area contributed by atoms with Crippen LogP contribution in [0, 0.1) is 23.0 Å². The lowest BCUT2D eigenvalue weighted by atomic mass is 10.1. The number of halogens is 2. The molecule has 2 atom stereocenters. The monoisotopic (exact) mass is 291 g/mol. The zero-order valence-corrected chi connectivity index (χ0v) is 11.2. The van der Waals surface area contributed by atoms with E-state index in [2.05, 4.69) is 0 Å². The summed E-state index contributed by atoms with van der Waals surface area (Å²) in [5.41, 5.74) is 0.733. The molecule has 0 saturated carbocycles. The van der Waals surface area contributed by atoms with E-state index in [1.165, 1.54) is 6.07 Å². The molecule has 102 valence electrons. The van der Waals surface area contributed by atoms with Gasteiger partial charge in [-0.2, -0.15) is 5.26 Å². The summed E-state index contributed by atoms with van der Waals surface area (Å²) in [6.07, 6.45) is 0.0373. The van der Waals surface area contributed by atoms with Crippen LogP contribution >= 0.6 is 0 Å². The number of rotatable bonds is 4. The summed E-state index contributed by atoms with van der Waals surface area (Å²) in [6.45, 7) is 0. The van der Waals surface area contributed by atoms with Gasteiger partial charge in [0.1, 0.15) is 0 Å². The summed E-state index contributed by atoms with van der Waals surface area (Å²) in [5, 5.41) is 8.31. The molecule has 2 aromatic carbocycles. The zero-order valence-electron chi connectivity index (χ0n) is 10.4. The minimum absolute atomic E-state index is 0.0373. The Balaban J connectivity index is 2.37. The van der Waals surface area contributed by atoms with E-state index < -0.39 is 27.7 Å². The van der Waals surface area contributed by atoms with Crippen molar-refractivity contribution < 1.29 is 13.0 Å². The Hall–Kier alpha value is -2.06. The molecule has 0 N–H and O–H groups in total. The number of hydrogen-bond acceptors (Lipinski definition) is 2. The van der Waals surface area contributed by atoms with E-state index in [-0.39, 0.29) is 11.3 Å². The Morgan fingerprint density at radius 2 is 1.80 bits per heavy atom. The molecule has 2 rings (SSSR count). The van der Waals surface area contributed by atoms with E-state index in [4.69, 9.17) is 5.26 Å². The fourth-order valence-electron chi connectivity index (χ4n) is 1.83. The van der Waals surface area contributed by atoms with Crippen molar-refractivity contribution in [1.29, 1.82) is 5.26 Å². The minimum Gasteiger partial charge on any atom is -0.254 e. The largest absolute Gasteiger partial charge is 0.254 e. The summed E-state index contributed by atoms with van der Waals surface area (Å²) in [4.78, 5) is 0.174. The maximum atomic E-state index is 13.2. The van der Waals surface area contributed by atoms with Crippen LogP contribution in [0.2, 0.25) is 0 Å². The van der Waals surface area contributed by atoms with Gasteiger partial charge in [-0.15, -0.1) is 0 Å². The molecule has 0 aliphatic heterocycles. The minimum atomic E-state index is -1.62. The fourth-order valence-corrected chi connectivity index (χ4v) is 3.21. The second kappa shape index (κ2) is 6.40. The predicted octanol–water partition coefficient (Wildman–Crippen LogP) is 3.73. The van der Waals surface area contributed by atoms with Crippen LogP contribution in [-0.4, -0.2) is 4.21 Å². The molecule has 20 heavy (non-hydrogen) atoms. The first-order valence-corrected chi connectivity index (χ1v) is 7.12. The number of nitrogens with zero attached hydrogens (tertiary/aromatic N) is 1. The molecule has 0 aromatic heterocycles. The van der Waals surface area contributed by atoms with Crippen molar-refractivity contribution in [3.05, 3.63) is 65.7 Å². The van der Waals surface area contributed by atoms with Gasteiger partial charge in [-0.05, 0) is 23.8 Å². The average Bonchev–Trinajstić information content (AvgIpc) is 2.48. The third-order valence-electron chi connectivity index (χ3n) is 2.83. The van der Waals surface area contributed by atoms with Crippen molar-refractivity contribution in [3.8, 4) is 6.07 Å². The van der Waals surface area contributed by atoms with Gasteiger partial charge in [0.05, 0.1) is 28.5 Å². The van der Waals surface area contributed by atoms with Crippen molar-refractivity contribution in [2.24, 2.45) is 0 Å². The lowest BCUT2D eigenvalue weighted by Gasteiger charge is -2.14. The third kappa shape index (κ3) is 3.09. The van der Waals surface area contributed by atoms with Gasteiger partial charge in [-0.3, -0.25) is 4.21 Å².